The van der Waals surface area contributed by atoms with Crippen LogP contribution in [0.1, 0.15) is 19.8 Å². The number of anilines is 2. The van der Waals surface area contributed by atoms with Crippen LogP contribution in [0.3, 0.4) is 0 Å². The molecule has 0 aliphatic heterocycles. The van der Waals surface area contributed by atoms with Crippen molar-refractivity contribution in [2.75, 3.05) is 17.7 Å². The summed E-state index contributed by atoms with van der Waals surface area (Å²) in [4.78, 5) is 6.65. The highest BCUT2D eigenvalue weighted by molar-refractivity contribution is 7.16. The van der Waals surface area contributed by atoms with E-state index in [2.05, 4.69) is 36.0 Å². The van der Waals surface area contributed by atoms with Crippen molar-refractivity contribution in [3.63, 3.8) is 0 Å². The van der Waals surface area contributed by atoms with Gasteiger partial charge < -0.3 is 10.6 Å². The molecule has 90 valence electrons. The first kappa shape index (κ1) is 10.8. The Bertz CT molecular complexity index is 545. The maximum absolute atomic E-state index is 6.23. The monoisotopic (exact) mass is 247 g/mol. The molecule has 1 saturated carbocycles. The lowest BCUT2D eigenvalue weighted by Crippen LogP contribution is -2.31. The highest BCUT2D eigenvalue weighted by atomic mass is 32.1. The van der Waals surface area contributed by atoms with Crippen molar-refractivity contribution in [2.24, 2.45) is 5.92 Å². The molecule has 0 amide bonds. The minimum Gasteiger partial charge on any atom is -0.395 e. The summed E-state index contributed by atoms with van der Waals surface area (Å²) in [6.45, 7) is 2.28. The van der Waals surface area contributed by atoms with Crippen LogP contribution in [0.15, 0.2) is 17.6 Å². The number of benzene rings is 1. The van der Waals surface area contributed by atoms with Crippen LogP contribution in [0.2, 0.25) is 0 Å². The van der Waals surface area contributed by atoms with E-state index < -0.39 is 0 Å². The van der Waals surface area contributed by atoms with Crippen molar-refractivity contribution in [3.8, 4) is 0 Å². The van der Waals surface area contributed by atoms with Crippen LogP contribution in [-0.2, 0) is 0 Å². The SMILES string of the molecule is CC(C1CC1)N(C)c1ccc2scnc2c1N. The first-order valence-electron chi connectivity index (χ1n) is 6.03. The quantitative estimate of drug-likeness (QED) is 0.847. The van der Waals surface area contributed by atoms with Crippen LogP contribution >= 0.6 is 11.3 Å². The molecule has 1 atom stereocenters. The largest absolute Gasteiger partial charge is 0.395 e. The molecule has 17 heavy (non-hydrogen) atoms. The van der Waals surface area contributed by atoms with Crippen molar-refractivity contribution in [3.05, 3.63) is 17.6 Å². The second kappa shape index (κ2) is 3.88. The third-order valence-corrected chi connectivity index (χ3v) is 4.61. The van der Waals surface area contributed by atoms with Crippen LogP contribution in [0.5, 0.6) is 0 Å². The maximum Gasteiger partial charge on any atom is 0.106 e. The fraction of sp³-hybridized carbons (Fsp3) is 0.462. The van der Waals surface area contributed by atoms with Crippen LogP contribution in [0, 0.1) is 5.92 Å². The summed E-state index contributed by atoms with van der Waals surface area (Å²) < 4.78 is 1.17. The van der Waals surface area contributed by atoms with Crippen molar-refractivity contribution >= 4 is 32.9 Å². The zero-order chi connectivity index (χ0) is 12.0. The first-order valence-corrected chi connectivity index (χ1v) is 6.91. The molecule has 0 saturated heterocycles. The Morgan fingerprint density at radius 2 is 2.24 bits per heavy atom. The van der Waals surface area contributed by atoms with E-state index in [0.717, 1.165) is 22.8 Å². The van der Waals surface area contributed by atoms with E-state index in [0.29, 0.717) is 6.04 Å². The summed E-state index contributed by atoms with van der Waals surface area (Å²) in [7, 11) is 2.13. The van der Waals surface area contributed by atoms with E-state index in [4.69, 9.17) is 5.73 Å². The number of thiazole rings is 1. The summed E-state index contributed by atoms with van der Waals surface area (Å²) in [5, 5.41) is 0. The number of hydrogen-bond acceptors (Lipinski definition) is 4. The lowest BCUT2D eigenvalue weighted by molar-refractivity contribution is 0.610. The molecular formula is C13H17N3S. The van der Waals surface area contributed by atoms with E-state index in [9.17, 15) is 0 Å². The van der Waals surface area contributed by atoms with Gasteiger partial charge in [0, 0.05) is 13.1 Å². The Hall–Kier alpha value is -1.29. The normalized spacial score (nSPS) is 17.3. The highest BCUT2D eigenvalue weighted by Gasteiger charge is 2.31. The van der Waals surface area contributed by atoms with E-state index in [1.165, 1.54) is 17.5 Å². The molecule has 1 aliphatic carbocycles. The van der Waals surface area contributed by atoms with Gasteiger partial charge in [-0.1, -0.05) is 0 Å². The topological polar surface area (TPSA) is 42.2 Å². The highest BCUT2D eigenvalue weighted by Crippen LogP contribution is 2.39. The fourth-order valence-electron chi connectivity index (χ4n) is 2.36. The Morgan fingerprint density at radius 1 is 1.47 bits per heavy atom. The Kier molecular flexibility index (Phi) is 2.47. The van der Waals surface area contributed by atoms with Crippen molar-refractivity contribution in [2.45, 2.75) is 25.8 Å². The molecule has 1 fully saturated rings. The molecule has 3 rings (SSSR count). The number of nitrogens with two attached hydrogens (primary N) is 1. The van der Waals surface area contributed by atoms with Gasteiger partial charge >= 0.3 is 0 Å². The molecule has 3 nitrogen and oxygen atoms in total. The Morgan fingerprint density at radius 3 is 2.94 bits per heavy atom. The van der Waals surface area contributed by atoms with Gasteiger partial charge in [0.2, 0.25) is 0 Å². The van der Waals surface area contributed by atoms with Gasteiger partial charge in [-0.3, -0.25) is 0 Å². The predicted molar refractivity (Wildman–Crippen MR) is 74.6 cm³/mol. The zero-order valence-corrected chi connectivity index (χ0v) is 11.0. The third-order valence-electron chi connectivity index (χ3n) is 3.81. The zero-order valence-electron chi connectivity index (χ0n) is 10.2. The Balaban J connectivity index is 2.00. The summed E-state index contributed by atoms with van der Waals surface area (Å²) >= 11 is 1.64. The van der Waals surface area contributed by atoms with Crippen LogP contribution < -0.4 is 10.6 Å². The summed E-state index contributed by atoms with van der Waals surface area (Å²) in [5.41, 5.74) is 11.0. The standard InChI is InChI=1S/C13H17N3S/c1-8(9-3-4-9)16(2)10-5-6-11-13(12(10)14)15-7-17-11/h5-9H,3-4,14H2,1-2H3. The fourth-order valence-corrected chi connectivity index (χ4v) is 3.06. The van der Waals surface area contributed by atoms with Gasteiger partial charge in [0.15, 0.2) is 0 Å². The van der Waals surface area contributed by atoms with E-state index >= 15 is 0 Å². The molecule has 0 spiro atoms. The second-order valence-corrected chi connectivity index (χ2v) is 5.77. The number of nitrogens with zero attached hydrogens (tertiary/aromatic N) is 2. The molecule has 0 radical (unpaired) electrons. The number of aromatic nitrogens is 1. The molecule has 1 aromatic heterocycles. The minimum atomic E-state index is 0.563. The van der Waals surface area contributed by atoms with Crippen LogP contribution in [0.4, 0.5) is 11.4 Å². The first-order chi connectivity index (χ1) is 8.18. The van der Waals surface area contributed by atoms with Gasteiger partial charge in [0.1, 0.15) is 5.52 Å². The van der Waals surface area contributed by atoms with Gasteiger partial charge in [-0.05, 0) is 37.8 Å². The van der Waals surface area contributed by atoms with E-state index in [1.54, 1.807) is 11.3 Å². The number of hydrogen-bond donors (Lipinski definition) is 1. The summed E-state index contributed by atoms with van der Waals surface area (Å²) in [6.07, 6.45) is 2.70. The average molecular weight is 247 g/mol. The van der Waals surface area contributed by atoms with Crippen molar-refractivity contribution in [1.29, 1.82) is 0 Å². The van der Waals surface area contributed by atoms with Gasteiger partial charge in [-0.2, -0.15) is 0 Å². The number of nitrogen functional groups attached to an aromatic ring is 1. The van der Waals surface area contributed by atoms with Crippen molar-refractivity contribution < 1.29 is 0 Å². The predicted octanol–water partition coefficient (Wildman–Crippen LogP) is 3.11. The molecule has 1 unspecified atom stereocenters. The molecular weight excluding hydrogens is 230 g/mol. The number of fused-ring (bicyclic) bond motifs is 1. The van der Waals surface area contributed by atoms with E-state index in [-0.39, 0.29) is 0 Å². The summed E-state index contributed by atoms with van der Waals surface area (Å²) in [5.74, 6) is 0.838. The number of rotatable bonds is 3. The van der Waals surface area contributed by atoms with E-state index in [1.807, 2.05) is 5.51 Å². The van der Waals surface area contributed by atoms with Gasteiger partial charge in [-0.25, -0.2) is 4.98 Å². The molecule has 1 aliphatic rings. The van der Waals surface area contributed by atoms with Crippen molar-refractivity contribution in [1.82, 2.24) is 4.98 Å². The third kappa shape index (κ3) is 1.76. The second-order valence-electron chi connectivity index (χ2n) is 4.89. The lowest BCUT2D eigenvalue weighted by Gasteiger charge is -2.28. The van der Waals surface area contributed by atoms with Gasteiger partial charge in [0.05, 0.1) is 21.6 Å². The summed E-state index contributed by atoms with van der Waals surface area (Å²) in [6, 6.07) is 4.80. The molecule has 2 aromatic rings. The van der Waals surface area contributed by atoms with Gasteiger partial charge in [0.25, 0.3) is 0 Å². The molecule has 1 heterocycles. The smallest absolute Gasteiger partial charge is 0.106 e. The van der Waals surface area contributed by atoms with Crippen LogP contribution in [0.25, 0.3) is 10.2 Å². The Labute approximate surface area is 105 Å². The molecule has 1 aromatic carbocycles. The minimum absolute atomic E-state index is 0.563. The molecule has 4 heteroatoms. The van der Waals surface area contributed by atoms with Crippen LogP contribution in [-0.4, -0.2) is 18.1 Å². The molecule has 2 N–H and O–H groups in total. The maximum atomic E-state index is 6.23. The average Bonchev–Trinajstić information content (AvgIpc) is 3.06. The lowest BCUT2D eigenvalue weighted by atomic mass is 10.1. The molecule has 0 bridgehead atoms. The van der Waals surface area contributed by atoms with Gasteiger partial charge in [-0.15, -0.1) is 11.3 Å².